The van der Waals surface area contributed by atoms with Gasteiger partial charge in [-0.15, -0.1) is 0 Å². The monoisotopic (exact) mass is 224 g/mol. The predicted molar refractivity (Wildman–Crippen MR) is 54.7 cm³/mol. The van der Waals surface area contributed by atoms with Gasteiger partial charge in [0.25, 0.3) is 6.43 Å². The van der Waals surface area contributed by atoms with Gasteiger partial charge in [0, 0.05) is 14.2 Å². The zero-order valence-corrected chi connectivity index (χ0v) is 9.20. The molecule has 0 aromatic rings. The molecule has 3 N–H and O–H groups in total. The van der Waals surface area contributed by atoms with Crippen molar-refractivity contribution in [3.63, 3.8) is 0 Å². The first-order chi connectivity index (χ1) is 7.01. The first-order valence-corrected chi connectivity index (χ1v) is 4.53. The minimum atomic E-state index is -2.42. The number of nitrogens with zero attached hydrogens (tertiary/aromatic N) is 2. The summed E-state index contributed by atoms with van der Waals surface area (Å²) < 4.78 is 29.0. The summed E-state index contributed by atoms with van der Waals surface area (Å²) in [6, 6.07) is -0.138. The smallest absolute Gasteiger partial charge is 0.255 e. The Labute approximate surface area is 88.3 Å². The van der Waals surface area contributed by atoms with Crippen molar-refractivity contribution in [1.82, 2.24) is 10.3 Å². The first kappa shape index (κ1) is 14.1. The molecule has 0 radical (unpaired) electrons. The Balaban J connectivity index is 4.31. The van der Waals surface area contributed by atoms with Crippen LogP contribution in [0.4, 0.5) is 8.78 Å². The molecule has 1 atom stereocenters. The molecule has 0 rings (SSSR count). The van der Waals surface area contributed by atoms with Gasteiger partial charge in [0.05, 0.1) is 19.2 Å². The van der Waals surface area contributed by atoms with Crippen LogP contribution in [-0.4, -0.2) is 50.6 Å². The highest BCUT2D eigenvalue weighted by Crippen LogP contribution is 1.98. The number of hydrogen-bond acceptors (Lipinski definition) is 3. The van der Waals surface area contributed by atoms with Gasteiger partial charge < -0.3 is 9.64 Å². The van der Waals surface area contributed by atoms with Crippen molar-refractivity contribution in [3.8, 4) is 0 Å². The van der Waals surface area contributed by atoms with Gasteiger partial charge in [-0.05, 0) is 6.92 Å². The molecular formula is C8H18F2N4O. The zero-order chi connectivity index (χ0) is 11.8. The maximum atomic E-state index is 12.1. The van der Waals surface area contributed by atoms with Crippen LogP contribution in [0, 0.1) is 0 Å². The van der Waals surface area contributed by atoms with E-state index >= 15 is 0 Å². The van der Waals surface area contributed by atoms with Crippen molar-refractivity contribution >= 4 is 5.96 Å². The van der Waals surface area contributed by atoms with Crippen molar-refractivity contribution in [1.29, 1.82) is 0 Å². The van der Waals surface area contributed by atoms with Crippen LogP contribution in [0.15, 0.2) is 4.99 Å². The molecule has 0 aliphatic heterocycles. The lowest BCUT2D eigenvalue weighted by atomic mass is 10.4. The number of methoxy groups -OCH3 is 1. The minimum absolute atomic E-state index is 0.138. The van der Waals surface area contributed by atoms with Crippen LogP contribution < -0.4 is 11.3 Å². The molecule has 7 heteroatoms. The number of hydrogen-bond donors (Lipinski definition) is 2. The second-order valence-corrected chi connectivity index (χ2v) is 3.17. The highest BCUT2D eigenvalue weighted by molar-refractivity contribution is 5.79. The van der Waals surface area contributed by atoms with Crippen LogP contribution in [-0.2, 0) is 4.74 Å². The molecule has 15 heavy (non-hydrogen) atoms. The average molecular weight is 224 g/mol. The molecule has 90 valence electrons. The third-order valence-corrected chi connectivity index (χ3v) is 1.65. The van der Waals surface area contributed by atoms with Crippen molar-refractivity contribution < 1.29 is 13.5 Å². The maximum Gasteiger partial charge on any atom is 0.255 e. The van der Waals surface area contributed by atoms with Crippen LogP contribution >= 0.6 is 0 Å². The Morgan fingerprint density at radius 3 is 2.60 bits per heavy atom. The summed E-state index contributed by atoms with van der Waals surface area (Å²) in [4.78, 5) is 5.35. The van der Waals surface area contributed by atoms with Crippen molar-refractivity contribution in [2.45, 2.75) is 19.4 Å². The van der Waals surface area contributed by atoms with Gasteiger partial charge in [-0.25, -0.2) is 19.6 Å². The fourth-order valence-electron chi connectivity index (χ4n) is 1.03. The molecular weight excluding hydrogens is 206 g/mol. The van der Waals surface area contributed by atoms with E-state index in [-0.39, 0.29) is 12.0 Å². The van der Waals surface area contributed by atoms with Crippen LogP contribution in [0.5, 0.6) is 0 Å². The van der Waals surface area contributed by atoms with E-state index in [0.717, 1.165) is 0 Å². The van der Waals surface area contributed by atoms with Gasteiger partial charge in [0.1, 0.15) is 0 Å². The quantitative estimate of drug-likeness (QED) is 0.299. The van der Waals surface area contributed by atoms with Crippen LogP contribution in [0.3, 0.4) is 0 Å². The lowest BCUT2D eigenvalue weighted by Crippen LogP contribution is -2.45. The van der Waals surface area contributed by atoms with E-state index in [1.807, 2.05) is 0 Å². The standard InChI is InChI=1S/C8H18F2N4O/c1-6(5-15-3)12-8(13-11)14(2)4-7(9)10/h6-7H,4-5,11H2,1-3H3,(H,12,13). The fraction of sp³-hybridized carbons (Fsp3) is 0.875. The lowest BCUT2D eigenvalue weighted by Gasteiger charge is -2.21. The Morgan fingerprint density at radius 2 is 2.20 bits per heavy atom. The summed E-state index contributed by atoms with van der Waals surface area (Å²) in [5, 5.41) is 0. The maximum absolute atomic E-state index is 12.1. The van der Waals surface area contributed by atoms with Crippen LogP contribution in [0.25, 0.3) is 0 Å². The number of nitrogens with one attached hydrogen (secondary N) is 1. The van der Waals surface area contributed by atoms with Gasteiger partial charge in [-0.1, -0.05) is 0 Å². The lowest BCUT2D eigenvalue weighted by molar-refractivity contribution is 0.122. The number of alkyl halides is 2. The Kier molecular flexibility index (Phi) is 6.89. The summed E-state index contributed by atoms with van der Waals surface area (Å²) in [6.45, 7) is 1.80. The fourth-order valence-corrected chi connectivity index (χ4v) is 1.03. The minimum Gasteiger partial charge on any atom is -0.382 e. The Morgan fingerprint density at radius 1 is 1.60 bits per heavy atom. The van der Waals surface area contributed by atoms with Crippen molar-refractivity contribution in [2.75, 3.05) is 27.3 Å². The third-order valence-electron chi connectivity index (χ3n) is 1.65. The zero-order valence-electron chi connectivity index (χ0n) is 9.20. The third kappa shape index (κ3) is 6.19. The summed E-state index contributed by atoms with van der Waals surface area (Å²) in [5.74, 6) is 5.41. The highest BCUT2D eigenvalue weighted by atomic mass is 19.3. The molecule has 0 fully saturated rings. The summed E-state index contributed by atoms with van der Waals surface area (Å²) >= 11 is 0. The molecule has 0 aliphatic carbocycles. The summed E-state index contributed by atoms with van der Waals surface area (Å²) in [6.07, 6.45) is -2.42. The highest BCUT2D eigenvalue weighted by Gasteiger charge is 2.12. The van der Waals surface area contributed by atoms with E-state index in [1.165, 1.54) is 11.9 Å². The second kappa shape index (κ2) is 7.36. The van der Waals surface area contributed by atoms with Gasteiger partial charge in [-0.2, -0.15) is 0 Å². The van der Waals surface area contributed by atoms with Gasteiger partial charge in [0.2, 0.25) is 5.96 Å². The SMILES string of the molecule is COCC(C)N=C(NN)N(C)CC(F)F. The van der Waals surface area contributed by atoms with E-state index < -0.39 is 13.0 Å². The van der Waals surface area contributed by atoms with Gasteiger partial charge in [-0.3, -0.25) is 5.43 Å². The van der Waals surface area contributed by atoms with E-state index in [9.17, 15) is 8.78 Å². The summed E-state index contributed by atoms with van der Waals surface area (Å²) in [7, 11) is 3.04. The van der Waals surface area contributed by atoms with Crippen LogP contribution in [0.1, 0.15) is 6.92 Å². The number of ether oxygens (including phenoxy) is 1. The number of guanidine groups is 1. The van der Waals surface area contributed by atoms with E-state index in [0.29, 0.717) is 6.61 Å². The molecule has 1 unspecified atom stereocenters. The number of aliphatic imine (C=N–C) groups is 1. The number of hydrazine groups is 1. The molecule has 0 aromatic carbocycles. The molecule has 0 aliphatic rings. The molecule has 0 saturated carbocycles. The average Bonchev–Trinajstić information content (AvgIpc) is 2.13. The number of halogens is 2. The molecule has 0 amide bonds. The largest absolute Gasteiger partial charge is 0.382 e. The molecule has 0 heterocycles. The normalized spacial score (nSPS) is 14.2. The molecule has 5 nitrogen and oxygen atoms in total. The molecule has 0 spiro atoms. The summed E-state index contributed by atoms with van der Waals surface area (Å²) in [5.41, 5.74) is 2.28. The number of nitrogens with two attached hydrogens (primary N) is 1. The van der Waals surface area contributed by atoms with E-state index in [1.54, 1.807) is 14.0 Å². The van der Waals surface area contributed by atoms with Crippen molar-refractivity contribution in [3.05, 3.63) is 0 Å². The number of rotatable bonds is 5. The Hall–Kier alpha value is -0.950. The van der Waals surface area contributed by atoms with Crippen LogP contribution in [0.2, 0.25) is 0 Å². The van der Waals surface area contributed by atoms with Gasteiger partial charge in [0.15, 0.2) is 0 Å². The van der Waals surface area contributed by atoms with E-state index in [4.69, 9.17) is 10.6 Å². The topological polar surface area (TPSA) is 62.9 Å². The molecule has 0 bridgehead atoms. The Bertz CT molecular complexity index is 201. The molecule has 0 aromatic heterocycles. The first-order valence-electron chi connectivity index (χ1n) is 4.53. The predicted octanol–water partition coefficient (Wildman–Crippen LogP) is 0.0375. The van der Waals surface area contributed by atoms with E-state index in [2.05, 4.69) is 10.4 Å². The van der Waals surface area contributed by atoms with Gasteiger partial charge >= 0.3 is 0 Å². The molecule has 0 saturated heterocycles. The van der Waals surface area contributed by atoms with Crippen molar-refractivity contribution in [2.24, 2.45) is 10.8 Å². The second-order valence-electron chi connectivity index (χ2n) is 3.17.